The van der Waals surface area contributed by atoms with Crippen LogP contribution in [-0.2, 0) is 19.1 Å². The summed E-state index contributed by atoms with van der Waals surface area (Å²) in [7, 11) is 1.49. The molecule has 0 aromatic carbocycles. The Balaban J connectivity index is 1.61. The molecule has 2 heterocycles. The molecule has 1 saturated carbocycles. The molecule has 1 atom stereocenters. The Hall–Kier alpha value is -1.21. The standard InChI is InChI=1S/C17H27FN2O4/c1-23-12-14(21)19-13-11-24-10-7-16(13)5-8-20(9-6-16)15(22)17(18)3-2-4-17/h13H,2-12H2,1H3,(H,19,21). The Labute approximate surface area is 142 Å². The maximum absolute atomic E-state index is 14.4. The molecule has 1 unspecified atom stereocenters. The van der Waals surface area contributed by atoms with Gasteiger partial charge in [-0.05, 0) is 43.9 Å². The zero-order chi connectivity index (χ0) is 17.2. The van der Waals surface area contributed by atoms with Crippen molar-refractivity contribution in [1.82, 2.24) is 10.2 Å². The second kappa shape index (κ2) is 6.96. The zero-order valence-corrected chi connectivity index (χ0v) is 14.3. The SMILES string of the molecule is COCC(=O)NC1COCCC12CCN(C(=O)C1(F)CCC1)CC2. The van der Waals surface area contributed by atoms with E-state index >= 15 is 0 Å². The van der Waals surface area contributed by atoms with E-state index < -0.39 is 5.67 Å². The van der Waals surface area contributed by atoms with E-state index in [4.69, 9.17) is 9.47 Å². The lowest BCUT2D eigenvalue weighted by Crippen LogP contribution is -2.60. The van der Waals surface area contributed by atoms with E-state index in [0.717, 1.165) is 25.7 Å². The van der Waals surface area contributed by atoms with E-state index in [0.29, 0.717) is 39.1 Å². The van der Waals surface area contributed by atoms with Gasteiger partial charge >= 0.3 is 0 Å². The molecule has 1 spiro atoms. The van der Waals surface area contributed by atoms with Gasteiger partial charge in [-0.15, -0.1) is 0 Å². The molecule has 0 radical (unpaired) electrons. The maximum Gasteiger partial charge on any atom is 0.260 e. The molecule has 7 heteroatoms. The highest BCUT2D eigenvalue weighted by atomic mass is 19.1. The summed E-state index contributed by atoms with van der Waals surface area (Å²) < 4.78 is 24.8. The molecular formula is C17H27FN2O4. The smallest absolute Gasteiger partial charge is 0.260 e. The van der Waals surface area contributed by atoms with E-state index in [1.54, 1.807) is 4.90 Å². The molecule has 6 nitrogen and oxygen atoms in total. The van der Waals surface area contributed by atoms with Crippen LogP contribution in [0.25, 0.3) is 0 Å². The molecule has 0 aromatic rings. The minimum absolute atomic E-state index is 0.0293. The summed E-state index contributed by atoms with van der Waals surface area (Å²) in [5.41, 5.74) is -1.69. The number of rotatable bonds is 4. The molecule has 1 N–H and O–H groups in total. The second-order valence-corrected chi connectivity index (χ2v) is 7.35. The quantitative estimate of drug-likeness (QED) is 0.829. The van der Waals surface area contributed by atoms with Gasteiger partial charge in [0.2, 0.25) is 5.91 Å². The molecular weight excluding hydrogens is 315 g/mol. The van der Waals surface area contributed by atoms with Crippen molar-refractivity contribution in [3.8, 4) is 0 Å². The van der Waals surface area contributed by atoms with Crippen LogP contribution in [0, 0.1) is 5.41 Å². The summed E-state index contributed by atoms with van der Waals surface area (Å²) in [5, 5.41) is 3.01. The number of amides is 2. The van der Waals surface area contributed by atoms with Crippen LogP contribution in [-0.4, -0.2) is 68.4 Å². The van der Waals surface area contributed by atoms with E-state index in [2.05, 4.69) is 5.32 Å². The number of alkyl halides is 1. The number of carbonyl (C=O) groups is 2. The van der Waals surface area contributed by atoms with Gasteiger partial charge in [0, 0.05) is 26.8 Å². The van der Waals surface area contributed by atoms with Crippen LogP contribution in [0.1, 0.15) is 38.5 Å². The number of halogens is 1. The van der Waals surface area contributed by atoms with Crippen molar-refractivity contribution in [1.29, 1.82) is 0 Å². The predicted molar refractivity (Wildman–Crippen MR) is 85.2 cm³/mol. The number of methoxy groups -OCH3 is 1. The fraction of sp³-hybridized carbons (Fsp3) is 0.882. The average Bonchev–Trinajstić information content (AvgIpc) is 2.55. The first-order valence-electron chi connectivity index (χ1n) is 8.83. The van der Waals surface area contributed by atoms with E-state index in [1.165, 1.54) is 7.11 Å². The normalized spacial score (nSPS) is 28.2. The van der Waals surface area contributed by atoms with Gasteiger partial charge in [0.25, 0.3) is 5.91 Å². The summed E-state index contributed by atoms with van der Waals surface area (Å²) >= 11 is 0. The maximum atomic E-state index is 14.4. The van der Waals surface area contributed by atoms with Gasteiger partial charge < -0.3 is 19.7 Å². The molecule has 2 amide bonds. The van der Waals surface area contributed by atoms with E-state index in [-0.39, 0.29) is 29.9 Å². The number of piperidine rings is 1. The predicted octanol–water partition coefficient (Wildman–Crippen LogP) is 1.04. The summed E-state index contributed by atoms with van der Waals surface area (Å²) in [6.07, 6.45) is 3.92. The van der Waals surface area contributed by atoms with Crippen molar-refractivity contribution in [2.24, 2.45) is 5.41 Å². The highest BCUT2D eigenvalue weighted by Crippen LogP contribution is 2.43. The lowest BCUT2D eigenvalue weighted by Gasteiger charge is -2.50. The number of ether oxygens (including phenoxy) is 2. The Bertz CT molecular complexity index is 487. The largest absolute Gasteiger partial charge is 0.379 e. The van der Waals surface area contributed by atoms with E-state index in [1.807, 2.05) is 0 Å². The van der Waals surface area contributed by atoms with Gasteiger partial charge in [-0.3, -0.25) is 9.59 Å². The number of nitrogens with one attached hydrogen (secondary N) is 1. The average molecular weight is 342 g/mol. The van der Waals surface area contributed by atoms with Gasteiger partial charge in [0.15, 0.2) is 5.67 Å². The Morgan fingerprint density at radius 2 is 1.96 bits per heavy atom. The Morgan fingerprint density at radius 3 is 2.54 bits per heavy atom. The zero-order valence-electron chi connectivity index (χ0n) is 14.3. The highest BCUT2D eigenvalue weighted by Gasteiger charge is 2.50. The van der Waals surface area contributed by atoms with Gasteiger partial charge in [0.1, 0.15) is 6.61 Å². The van der Waals surface area contributed by atoms with Crippen LogP contribution in [0.15, 0.2) is 0 Å². The van der Waals surface area contributed by atoms with Crippen LogP contribution in [0.3, 0.4) is 0 Å². The van der Waals surface area contributed by atoms with Crippen molar-refractivity contribution in [3.63, 3.8) is 0 Å². The lowest BCUT2D eigenvalue weighted by atomic mass is 9.69. The number of nitrogens with zero attached hydrogens (tertiary/aromatic N) is 1. The molecule has 2 saturated heterocycles. The Morgan fingerprint density at radius 1 is 1.25 bits per heavy atom. The molecule has 2 aliphatic heterocycles. The van der Waals surface area contributed by atoms with Gasteiger partial charge in [-0.2, -0.15) is 0 Å². The van der Waals surface area contributed by atoms with Crippen molar-refractivity contribution in [3.05, 3.63) is 0 Å². The lowest BCUT2D eigenvalue weighted by molar-refractivity contribution is -0.154. The van der Waals surface area contributed by atoms with Gasteiger partial charge in [0.05, 0.1) is 12.6 Å². The van der Waals surface area contributed by atoms with Gasteiger partial charge in [-0.25, -0.2) is 4.39 Å². The molecule has 3 fully saturated rings. The third kappa shape index (κ3) is 3.28. The van der Waals surface area contributed by atoms with Crippen molar-refractivity contribution in [2.45, 2.75) is 50.2 Å². The second-order valence-electron chi connectivity index (χ2n) is 7.35. The van der Waals surface area contributed by atoms with Crippen molar-refractivity contribution < 1.29 is 23.5 Å². The first kappa shape index (κ1) is 17.6. The fourth-order valence-corrected chi connectivity index (χ4v) is 4.13. The molecule has 136 valence electrons. The molecule has 3 aliphatic rings. The van der Waals surface area contributed by atoms with Crippen LogP contribution >= 0.6 is 0 Å². The molecule has 0 bridgehead atoms. The summed E-state index contributed by atoms with van der Waals surface area (Å²) in [5.74, 6) is -0.487. The summed E-state index contributed by atoms with van der Waals surface area (Å²) in [6.45, 7) is 2.29. The first-order chi connectivity index (χ1) is 11.5. The summed E-state index contributed by atoms with van der Waals surface area (Å²) in [4.78, 5) is 25.9. The van der Waals surface area contributed by atoms with Crippen LogP contribution in [0.4, 0.5) is 4.39 Å². The number of carbonyl (C=O) groups excluding carboxylic acids is 2. The van der Waals surface area contributed by atoms with Crippen molar-refractivity contribution in [2.75, 3.05) is 40.0 Å². The third-order valence-corrected chi connectivity index (χ3v) is 5.95. The number of hydrogen-bond donors (Lipinski definition) is 1. The minimum Gasteiger partial charge on any atom is -0.379 e. The van der Waals surface area contributed by atoms with Crippen molar-refractivity contribution >= 4 is 11.8 Å². The monoisotopic (exact) mass is 342 g/mol. The summed E-state index contributed by atoms with van der Waals surface area (Å²) in [6, 6.07) is -0.0748. The van der Waals surface area contributed by atoms with E-state index in [9.17, 15) is 14.0 Å². The number of hydrogen-bond acceptors (Lipinski definition) is 4. The first-order valence-corrected chi connectivity index (χ1v) is 8.83. The highest BCUT2D eigenvalue weighted by molar-refractivity contribution is 5.86. The molecule has 3 rings (SSSR count). The van der Waals surface area contributed by atoms with Crippen LogP contribution in [0.5, 0.6) is 0 Å². The minimum atomic E-state index is -1.62. The molecule has 24 heavy (non-hydrogen) atoms. The molecule has 1 aliphatic carbocycles. The Kier molecular flexibility index (Phi) is 5.11. The number of likely N-dealkylation sites (tertiary alicyclic amines) is 1. The molecule has 0 aromatic heterocycles. The van der Waals surface area contributed by atoms with Crippen LogP contribution in [0.2, 0.25) is 0 Å². The van der Waals surface area contributed by atoms with Gasteiger partial charge in [-0.1, -0.05) is 0 Å². The third-order valence-electron chi connectivity index (χ3n) is 5.95. The fourth-order valence-electron chi connectivity index (χ4n) is 4.13. The topological polar surface area (TPSA) is 67.9 Å². The van der Waals surface area contributed by atoms with Crippen LogP contribution < -0.4 is 5.32 Å².